The molecule has 0 atom stereocenters. The topological polar surface area (TPSA) is 93.2 Å². The van der Waals surface area contributed by atoms with Crippen LogP contribution in [0.4, 0.5) is 4.79 Å². The second-order valence-electron chi connectivity index (χ2n) is 6.29. The highest BCUT2D eigenvalue weighted by molar-refractivity contribution is 7.18. The van der Waals surface area contributed by atoms with Gasteiger partial charge in [-0.3, -0.25) is 10.1 Å². The van der Waals surface area contributed by atoms with E-state index in [0.29, 0.717) is 5.88 Å². The summed E-state index contributed by atoms with van der Waals surface area (Å²) < 4.78 is 5.53. The molecule has 1 saturated carbocycles. The van der Waals surface area contributed by atoms with E-state index in [1.807, 2.05) is 13.8 Å². The van der Waals surface area contributed by atoms with Crippen molar-refractivity contribution in [3.8, 4) is 5.88 Å². The first-order valence-corrected chi connectivity index (χ1v) is 9.30. The van der Waals surface area contributed by atoms with Gasteiger partial charge in [0.25, 0.3) is 5.91 Å². The van der Waals surface area contributed by atoms with Gasteiger partial charge in [0.1, 0.15) is 11.2 Å². The average molecular weight is 362 g/mol. The van der Waals surface area contributed by atoms with Crippen LogP contribution in [0.15, 0.2) is 6.33 Å². The van der Waals surface area contributed by atoms with Gasteiger partial charge >= 0.3 is 6.03 Å². The van der Waals surface area contributed by atoms with Crippen molar-refractivity contribution in [1.82, 2.24) is 20.6 Å². The molecule has 2 heterocycles. The summed E-state index contributed by atoms with van der Waals surface area (Å²) in [6.45, 7) is 3.72. The third-order valence-electron chi connectivity index (χ3n) is 4.46. The Morgan fingerprint density at radius 1 is 1.24 bits per heavy atom. The molecule has 3 amide bonds. The molecule has 2 aromatic heterocycles. The SMILES string of the molecule is Cc1sc2ncnc(OCC(=O)NC(=O)NC3CCCCC3)c2c1C. The molecular formula is C17H22N4O3S. The predicted molar refractivity (Wildman–Crippen MR) is 95.9 cm³/mol. The van der Waals surface area contributed by atoms with Crippen LogP contribution in [0.5, 0.6) is 5.88 Å². The molecular weight excluding hydrogens is 340 g/mol. The molecule has 0 saturated heterocycles. The lowest BCUT2D eigenvalue weighted by Crippen LogP contribution is -2.46. The number of nitrogens with one attached hydrogen (secondary N) is 2. The van der Waals surface area contributed by atoms with E-state index in [0.717, 1.165) is 46.3 Å². The van der Waals surface area contributed by atoms with Crippen LogP contribution in [0.2, 0.25) is 0 Å². The van der Waals surface area contributed by atoms with Crippen molar-refractivity contribution in [3.05, 3.63) is 16.8 Å². The molecule has 0 aromatic carbocycles. The number of aryl methyl sites for hydroxylation is 2. The summed E-state index contributed by atoms with van der Waals surface area (Å²) >= 11 is 1.56. The summed E-state index contributed by atoms with van der Waals surface area (Å²) in [4.78, 5) is 34.1. The Morgan fingerprint density at radius 2 is 2.00 bits per heavy atom. The maximum absolute atomic E-state index is 12.0. The molecule has 0 unspecified atom stereocenters. The molecule has 134 valence electrons. The van der Waals surface area contributed by atoms with Crippen molar-refractivity contribution in [2.24, 2.45) is 0 Å². The Labute approximate surface area is 150 Å². The Hall–Kier alpha value is -2.22. The molecule has 0 radical (unpaired) electrons. The monoisotopic (exact) mass is 362 g/mol. The molecule has 8 heteroatoms. The number of carbonyl (C=O) groups excluding carboxylic acids is 2. The van der Waals surface area contributed by atoms with E-state index < -0.39 is 11.9 Å². The Morgan fingerprint density at radius 3 is 2.76 bits per heavy atom. The summed E-state index contributed by atoms with van der Waals surface area (Å²) in [5, 5.41) is 5.97. The van der Waals surface area contributed by atoms with Gasteiger partial charge in [0.05, 0.1) is 5.39 Å². The normalized spacial score (nSPS) is 15.1. The predicted octanol–water partition coefficient (Wildman–Crippen LogP) is 2.85. The van der Waals surface area contributed by atoms with Gasteiger partial charge in [0.15, 0.2) is 6.61 Å². The van der Waals surface area contributed by atoms with Crippen LogP contribution in [0.25, 0.3) is 10.2 Å². The number of ether oxygens (including phenoxy) is 1. The molecule has 0 bridgehead atoms. The van der Waals surface area contributed by atoms with Gasteiger partial charge in [-0.25, -0.2) is 14.8 Å². The first-order chi connectivity index (χ1) is 12.0. The molecule has 2 N–H and O–H groups in total. The number of thiophene rings is 1. The highest BCUT2D eigenvalue weighted by atomic mass is 32.1. The van der Waals surface area contributed by atoms with Crippen molar-refractivity contribution in [1.29, 1.82) is 0 Å². The minimum absolute atomic E-state index is 0.153. The van der Waals surface area contributed by atoms with E-state index in [-0.39, 0.29) is 12.6 Å². The highest BCUT2D eigenvalue weighted by Crippen LogP contribution is 2.33. The van der Waals surface area contributed by atoms with E-state index in [2.05, 4.69) is 20.6 Å². The molecule has 7 nitrogen and oxygen atoms in total. The Balaban J connectivity index is 1.54. The van der Waals surface area contributed by atoms with Crippen LogP contribution in [0.3, 0.4) is 0 Å². The van der Waals surface area contributed by atoms with E-state index in [9.17, 15) is 9.59 Å². The first-order valence-electron chi connectivity index (χ1n) is 8.48. The maximum atomic E-state index is 12.0. The molecule has 3 rings (SSSR count). The Bertz CT molecular complexity index is 784. The van der Waals surface area contributed by atoms with Gasteiger partial charge in [-0.15, -0.1) is 11.3 Å². The van der Waals surface area contributed by atoms with Gasteiger partial charge in [-0.2, -0.15) is 0 Å². The molecule has 1 aliphatic carbocycles. The standard InChI is InChI=1S/C17H22N4O3S/c1-10-11(2)25-16-14(10)15(18-9-19-16)24-8-13(22)21-17(23)20-12-6-4-3-5-7-12/h9,12H,3-8H2,1-2H3,(H2,20,21,22,23). The number of imide groups is 1. The number of amides is 3. The van der Waals surface area contributed by atoms with E-state index >= 15 is 0 Å². The van der Waals surface area contributed by atoms with Gasteiger partial charge in [0.2, 0.25) is 5.88 Å². The molecule has 0 spiro atoms. The first kappa shape index (κ1) is 17.6. The smallest absolute Gasteiger partial charge is 0.321 e. The Kier molecular flexibility index (Phi) is 5.47. The van der Waals surface area contributed by atoms with Gasteiger partial charge in [-0.05, 0) is 32.3 Å². The average Bonchev–Trinajstić information content (AvgIpc) is 2.89. The summed E-state index contributed by atoms with van der Waals surface area (Å²) in [7, 11) is 0. The zero-order valence-electron chi connectivity index (χ0n) is 14.4. The largest absolute Gasteiger partial charge is 0.467 e. The van der Waals surface area contributed by atoms with E-state index in [1.165, 1.54) is 12.7 Å². The summed E-state index contributed by atoms with van der Waals surface area (Å²) in [5.74, 6) is -0.126. The quantitative estimate of drug-likeness (QED) is 0.872. The van der Waals surface area contributed by atoms with Crippen LogP contribution in [0.1, 0.15) is 42.5 Å². The van der Waals surface area contributed by atoms with Gasteiger partial charge in [-0.1, -0.05) is 19.3 Å². The zero-order chi connectivity index (χ0) is 17.8. The number of hydrogen-bond acceptors (Lipinski definition) is 6. The summed E-state index contributed by atoms with van der Waals surface area (Å²) in [6, 6.07) is -0.309. The fraction of sp³-hybridized carbons (Fsp3) is 0.529. The number of rotatable bonds is 4. The second-order valence-corrected chi connectivity index (χ2v) is 7.49. The minimum atomic E-state index is -0.496. The fourth-order valence-corrected chi connectivity index (χ4v) is 4.01. The van der Waals surface area contributed by atoms with Crippen LogP contribution in [0, 0.1) is 13.8 Å². The van der Waals surface area contributed by atoms with Crippen molar-refractivity contribution >= 4 is 33.5 Å². The number of carbonyl (C=O) groups is 2. The lowest BCUT2D eigenvalue weighted by molar-refractivity contribution is -0.122. The van der Waals surface area contributed by atoms with Crippen LogP contribution in [-0.4, -0.2) is 34.6 Å². The number of hydrogen-bond donors (Lipinski definition) is 2. The third kappa shape index (κ3) is 4.25. The van der Waals surface area contributed by atoms with Crippen molar-refractivity contribution in [3.63, 3.8) is 0 Å². The number of urea groups is 1. The van der Waals surface area contributed by atoms with Crippen LogP contribution in [-0.2, 0) is 4.79 Å². The second kappa shape index (κ2) is 7.77. The third-order valence-corrected chi connectivity index (χ3v) is 5.58. The lowest BCUT2D eigenvalue weighted by Gasteiger charge is -2.22. The lowest BCUT2D eigenvalue weighted by atomic mass is 9.96. The van der Waals surface area contributed by atoms with Crippen molar-refractivity contribution in [2.45, 2.75) is 52.0 Å². The molecule has 25 heavy (non-hydrogen) atoms. The molecule has 0 aliphatic heterocycles. The van der Waals surface area contributed by atoms with Crippen molar-refractivity contribution < 1.29 is 14.3 Å². The minimum Gasteiger partial charge on any atom is -0.467 e. The fourth-order valence-electron chi connectivity index (χ4n) is 3.02. The number of fused-ring (bicyclic) bond motifs is 1. The molecule has 1 aliphatic rings. The van der Waals surface area contributed by atoms with Crippen molar-refractivity contribution in [2.75, 3.05) is 6.61 Å². The summed E-state index contributed by atoms with van der Waals surface area (Å²) in [5.41, 5.74) is 1.05. The van der Waals surface area contributed by atoms with Gasteiger partial charge < -0.3 is 10.1 Å². The van der Waals surface area contributed by atoms with Gasteiger partial charge in [0, 0.05) is 10.9 Å². The van der Waals surface area contributed by atoms with E-state index in [4.69, 9.17) is 4.74 Å². The molecule has 1 fully saturated rings. The van der Waals surface area contributed by atoms with Crippen LogP contribution >= 0.6 is 11.3 Å². The zero-order valence-corrected chi connectivity index (χ0v) is 15.2. The summed E-state index contributed by atoms with van der Waals surface area (Å²) in [6.07, 6.45) is 6.79. The number of nitrogens with zero attached hydrogens (tertiary/aromatic N) is 2. The highest BCUT2D eigenvalue weighted by Gasteiger charge is 2.18. The maximum Gasteiger partial charge on any atom is 0.321 e. The van der Waals surface area contributed by atoms with Crippen LogP contribution < -0.4 is 15.4 Å². The van der Waals surface area contributed by atoms with E-state index in [1.54, 1.807) is 11.3 Å². The number of aromatic nitrogens is 2. The molecule has 2 aromatic rings.